The Morgan fingerprint density at radius 1 is 1.19 bits per heavy atom. The number of hydrogen-bond acceptors (Lipinski definition) is 5. The third kappa shape index (κ3) is 4.87. The number of halogens is 3. The van der Waals surface area contributed by atoms with Crippen LogP contribution in [0.4, 0.5) is 18.9 Å². The molecule has 0 radical (unpaired) electrons. The zero-order chi connectivity index (χ0) is 22.9. The van der Waals surface area contributed by atoms with Gasteiger partial charge in [-0.1, -0.05) is 24.3 Å². The minimum atomic E-state index is -4.89. The zero-order valence-electron chi connectivity index (χ0n) is 16.7. The predicted molar refractivity (Wildman–Crippen MR) is 112 cm³/mol. The second-order valence-corrected chi connectivity index (χ2v) is 9.49. The van der Waals surface area contributed by atoms with Crippen molar-refractivity contribution in [3.8, 4) is 0 Å². The summed E-state index contributed by atoms with van der Waals surface area (Å²) in [6, 6.07) is 9.25. The van der Waals surface area contributed by atoms with Crippen LogP contribution in [-0.2, 0) is 10.0 Å². The molecule has 0 saturated carbocycles. The van der Waals surface area contributed by atoms with E-state index in [9.17, 15) is 26.7 Å². The van der Waals surface area contributed by atoms with E-state index in [2.05, 4.69) is 4.98 Å². The van der Waals surface area contributed by atoms with Crippen molar-refractivity contribution < 1.29 is 26.7 Å². The second-order valence-electron chi connectivity index (χ2n) is 7.38. The van der Waals surface area contributed by atoms with E-state index in [-0.39, 0.29) is 18.8 Å². The van der Waals surface area contributed by atoms with E-state index in [1.807, 2.05) is 6.92 Å². The van der Waals surface area contributed by atoms with E-state index in [0.29, 0.717) is 16.8 Å². The Hall–Kier alpha value is -2.53. The zero-order valence-corrected chi connectivity index (χ0v) is 17.6. The van der Waals surface area contributed by atoms with Gasteiger partial charge in [0.2, 0.25) is 0 Å². The van der Waals surface area contributed by atoms with Gasteiger partial charge in [-0.15, -0.1) is 0 Å². The maximum absolute atomic E-state index is 13.1. The molecule has 31 heavy (non-hydrogen) atoms. The van der Waals surface area contributed by atoms with Gasteiger partial charge in [0.25, 0.3) is 0 Å². The second kappa shape index (κ2) is 8.54. The molecular weight excluding hydrogens is 431 g/mol. The van der Waals surface area contributed by atoms with Gasteiger partial charge in [-0.2, -0.15) is 25.5 Å². The average molecular weight is 454 g/mol. The summed E-state index contributed by atoms with van der Waals surface area (Å²) in [6.45, 7) is 1.63. The van der Waals surface area contributed by atoms with Crippen molar-refractivity contribution >= 4 is 15.7 Å². The van der Waals surface area contributed by atoms with Gasteiger partial charge in [0.05, 0.1) is 5.69 Å². The van der Waals surface area contributed by atoms with E-state index in [1.54, 1.807) is 24.4 Å². The molecule has 2 atom stereocenters. The molecule has 3 N–H and O–H groups in total. The van der Waals surface area contributed by atoms with Crippen LogP contribution in [-0.4, -0.2) is 43.5 Å². The largest absolute Gasteiger partial charge is 0.408 e. The Bertz CT molecular complexity index is 1100. The Morgan fingerprint density at radius 2 is 1.87 bits per heavy atom. The smallest absolute Gasteiger partial charge is 0.382 e. The molecule has 0 saturated heterocycles. The van der Waals surface area contributed by atoms with Crippen LogP contribution in [0.1, 0.15) is 22.9 Å². The molecule has 0 fully saturated rings. The predicted octanol–water partition coefficient (Wildman–Crippen LogP) is 3.08. The summed E-state index contributed by atoms with van der Waals surface area (Å²) < 4.78 is 64.0. The Morgan fingerprint density at radius 3 is 2.42 bits per heavy atom. The number of quaternary nitrogens is 1. The van der Waals surface area contributed by atoms with E-state index in [4.69, 9.17) is 5.73 Å². The highest BCUT2D eigenvalue weighted by Crippen LogP contribution is 2.36. The van der Waals surface area contributed by atoms with Gasteiger partial charge in [-0.25, -0.2) is 0 Å². The van der Waals surface area contributed by atoms with Gasteiger partial charge in [0.1, 0.15) is 18.8 Å². The van der Waals surface area contributed by atoms with Crippen LogP contribution in [0.15, 0.2) is 66.5 Å². The summed E-state index contributed by atoms with van der Waals surface area (Å²) >= 11 is 0. The highest BCUT2D eigenvalue weighted by Gasteiger charge is 2.50. The molecule has 0 aliphatic carbocycles. The molecule has 2 unspecified atom stereocenters. The lowest BCUT2D eigenvalue weighted by atomic mass is 10.0. The number of aryl methyl sites for hydroxylation is 1. The number of alkyl halides is 3. The summed E-state index contributed by atoms with van der Waals surface area (Å²) in [7, 11) is -4.73. The number of sulfonamides is 1. The SMILES string of the molecule is Cc1ccc(C(O)c2ccc([N+]3(S(=O)(=O)CC(F)(F)F)C=C(CN)C=CC3)cc2)nc1. The first-order chi connectivity index (χ1) is 14.5. The van der Waals surface area contributed by atoms with Gasteiger partial charge in [-0.05, 0) is 30.2 Å². The lowest BCUT2D eigenvalue weighted by Gasteiger charge is -2.34. The molecular formula is C21H23F3N3O3S+. The number of nitrogens with two attached hydrogens (primary N) is 1. The molecule has 1 aliphatic heterocycles. The number of pyridine rings is 1. The third-order valence-corrected chi connectivity index (χ3v) is 7.17. The van der Waals surface area contributed by atoms with Crippen LogP contribution >= 0.6 is 0 Å². The molecule has 1 aliphatic rings. The van der Waals surface area contributed by atoms with Crippen molar-refractivity contribution in [2.75, 3.05) is 18.8 Å². The molecule has 166 valence electrons. The molecule has 2 aromatic rings. The monoisotopic (exact) mass is 454 g/mol. The molecule has 1 aromatic carbocycles. The standard InChI is InChI=1S/C21H23F3N3O3S/c1-15-4-9-19(26-12-15)20(28)17-5-7-18(8-6-17)27(10-2-3-16(11-25)13-27)31(29,30)14-21(22,23)24/h2-9,12-13,20,28H,10-11,14,25H2,1H3/q+1. The number of hydrogen-bond donors (Lipinski definition) is 2. The van der Waals surface area contributed by atoms with Crippen molar-refractivity contribution in [2.45, 2.75) is 19.2 Å². The lowest BCUT2D eigenvalue weighted by molar-refractivity contribution is -0.106. The number of aliphatic hydroxyl groups is 1. The number of nitrogens with zero attached hydrogens (tertiary/aromatic N) is 2. The molecule has 2 heterocycles. The Labute approximate surface area is 178 Å². The van der Waals surface area contributed by atoms with Crippen LogP contribution < -0.4 is 9.62 Å². The average Bonchev–Trinajstić information content (AvgIpc) is 2.72. The minimum Gasteiger partial charge on any atom is -0.382 e. The molecule has 0 amide bonds. The third-order valence-electron chi connectivity index (χ3n) is 5.02. The van der Waals surface area contributed by atoms with Gasteiger partial charge in [0, 0.05) is 30.4 Å². The fourth-order valence-corrected chi connectivity index (χ4v) is 5.12. The van der Waals surface area contributed by atoms with Gasteiger partial charge >= 0.3 is 16.2 Å². The maximum atomic E-state index is 13.1. The maximum Gasteiger partial charge on any atom is 0.408 e. The summed E-state index contributed by atoms with van der Waals surface area (Å²) in [5, 5.41) is 10.6. The Kier molecular flexibility index (Phi) is 6.38. The van der Waals surface area contributed by atoms with Gasteiger partial charge in [0.15, 0.2) is 11.4 Å². The highest BCUT2D eigenvalue weighted by molar-refractivity contribution is 7.91. The van der Waals surface area contributed by atoms with Crippen LogP contribution in [0, 0.1) is 6.92 Å². The van der Waals surface area contributed by atoms with Crippen LogP contribution in [0.5, 0.6) is 0 Å². The number of benzene rings is 1. The van der Waals surface area contributed by atoms with Crippen LogP contribution in [0.2, 0.25) is 0 Å². The Balaban J connectivity index is 2.04. The van der Waals surface area contributed by atoms with Crippen molar-refractivity contribution in [3.05, 3.63) is 83.3 Å². The van der Waals surface area contributed by atoms with Crippen LogP contribution in [0.25, 0.3) is 0 Å². The summed E-state index contributed by atoms with van der Waals surface area (Å²) in [5.74, 6) is -1.97. The molecule has 10 heteroatoms. The summed E-state index contributed by atoms with van der Waals surface area (Å²) in [6.07, 6.45) is -0.0129. The van der Waals surface area contributed by atoms with Crippen molar-refractivity contribution in [2.24, 2.45) is 5.73 Å². The summed E-state index contributed by atoms with van der Waals surface area (Å²) in [4.78, 5) is 4.17. The molecule has 6 nitrogen and oxygen atoms in total. The lowest BCUT2D eigenvalue weighted by Crippen LogP contribution is -2.54. The minimum absolute atomic E-state index is 0.0199. The first kappa shape index (κ1) is 23.1. The van der Waals surface area contributed by atoms with E-state index in [0.717, 1.165) is 5.56 Å². The summed E-state index contributed by atoms with van der Waals surface area (Å²) in [5.41, 5.74) is 7.91. The van der Waals surface area contributed by atoms with Crippen molar-refractivity contribution in [1.82, 2.24) is 8.87 Å². The number of rotatable bonds is 6. The normalized spacial score (nSPS) is 20.4. The molecule has 0 spiro atoms. The highest BCUT2D eigenvalue weighted by atomic mass is 32.2. The van der Waals surface area contributed by atoms with Crippen molar-refractivity contribution in [1.29, 1.82) is 0 Å². The fourth-order valence-electron chi connectivity index (χ4n) is 3.42. The van der Waals surface area contributed by atoms with Gasteiger partial charge < -0.3 is 10.8 Å². The van der Waals surface area contributed by atoms with Crippen molar-refractivity contribution in [3.63, 3.8) is 0 Å². The van der Waals surface area contributed by atoms with E-state index >= 15 is 0 Å². The van der Waals surface area contributed by atoms with E-state index < -0.39 is 31.9 Å². The fraction of sp³-hybridized carbons (Fsp3) is 0.286. The first-order valence-electron chi connectivity index (χ1n) is 9.44. The van der Waals surface area contributed by atoms with E-state index in [1.165, 1.54) is 36.5 Å². The number of aromatic nitrogens is 1. The van der Waals surface area contributed by atoms with Gasteiger partial charge in [-0.3, -0.25) is 4.98 Å². The molecule has 0 bridgehead atoms. The quantitative estimate of drug-likeness (QED) is 0.655. The first-order valence-corrected chi connectivity index (χ1v) is 11.1. The molecule has 3 rings (SSSR count). The number of aliphatic hydroxyl groups excluding tert-OH is 1. The molecule has 1 aromatic heterocycles. The van der Waals surface area contributed by atoms with Crippen LogP contribution in [0.3, 0.4) is 0 Å². The topological polar surface area (TPSA) is 93.3 Å².